The van der Waals surface area contributed by atoms with Crippen LogP contribution in [0.15, 0.2) is 60.7 Å². The number of carbonyl (C=O) groups is 5. The fourth-order valence-electron chi connectivity index (χ4n) is 4.09. The molecule has 0 aliphatic carbocycles. The van der Waals surface area contributed by atoms with Gasteiger partial charge in [0.25, 0.3) is 0 Å². The zero-order valence-corrected chi connectivity index (χ0v) is 20.5. The van der Waals surface area contributed by atoms with E-state index in [1.165, 1.54) is 6.92 Å². The molecule has 1 aliphatic rings. The minimum Gasteiger partial charge on any atom is -0.445 e. The molecule has 9 nitrogen and oxygen atoms in total. The first-order chi connectivity index (χ1) is 17.2. The molecule has 3 rings (SSSR count). The van der Waals surface area contributed by atoms with Gasteiger partial charge < -0.3 is 15.4 Å². The molecule has 0 bridgehead atoms. The summed E-state index contributed by atoms with van der Waals surface area (Å²) in [6.45, 7) is 5.08. The van der Waals surface area contributed by atoms with Crippen LogP contribution in [-0.4, -0.2) is 35.6 Å². The molecule has 0 spiro atoms. The van der Waals surface area contributed by atoms with Crippen LogP contribution >= 0.6 is 0 Å². The summed E-state index contributed by atoms with van der Waals surface area (Å²) in [7, 11) is 0. The number of alkyl carbamates (subject to hydrolysis) is 1. The van der Waals surface area contributed by atoms with Gasteiger partial charge in [-0.05, 0) is 17.0 Å². The van der Waals surface area contributed by atoms with Crippen molar-refractivity contribution in [3.63, 3.8) is 0 Å². The number of hydrogen-bond acceptors (Lipinski definition) is 6. The van der Waals surface area contributed by atoms with Crippen LogP contribution in [0.5, 0.6) is 0 Å². The third kappa shape index (κ3) is 6.78. The predicted molar refractivity (Wildman–Crippen MR) is 131 cm³/mol. The Balaban J connectivity index is 1.68. The summed E-state index contributed by atoms with van der Waals surface area (Å²) >= 11 is 0. The van der Waals surface area contributed by atoms with Crippen molar-refractivity contribution in [2.45, 2.75) is 45.9 Å². The lowest BCUT2D eigenvalue weighted by Crippen LogP contribution is -2.49. The third-order valence-corrected chi connectivity index (χ3v) is 6.13. The Bertz CT molecular complexity index is 1100. The molecule has 9 heteroatoms. The van der Waals surface area contributed by atoms with Crippen LogP contribution in [0.1, 0.15) is 44.4 Å². The van der Waals surface area contributed by atoms with Gasteiger partial charge in [-0.15, -0.1) is 0 Å². The number of Topliss-reactive ketones (excluding diaryl/α,β-unsaturated/α-hetero) is 1. The van der Waals surface area contributed by atoms with Gasteiger partial charge in [0.15, 0.2) is 5.78 Å². The monoisotopic (exact) mass is 493 g/mol. The molecule has 36 heavy (non-hydrogen) atoms. The number of rotatable bonds is 10. The highest BCUT2D eigenvalue weighted by Gasteiger charge is 2.46. The van der Waals surface area contributed by atoms with Gasteiger partial charge in [-0.1, -0.05) is 81.4 Å². The maximum absolute atomic E-state index is 13.1. The normalized spacial score (nSPS) is 18.8. The summed E-state index contributed by atoms with van der Waals surface area (Å²) in [6, 6.07) is 16.5. The summed E-state index contributed by atoms with van der Waals surface area (Å²) in [5.41, 5.74) is 1.51. The molecule has 4 atom stereocenters. The lowest BCUT2D eigenvalue weighted by atomic mass is 9.85. The minimum absolute atomic E-state index is 0.0741. The molecule has 1 saturated heterocycles. The standard InChI is InChI=1S/C27H31N3O6/c1-16(2)23(24(32)22-17(3)25(33)30-26(22)34)29-21(31)14-20(19-12-8-5-9-13-19)28-27(35)36-15-18-10-6-4-7-11-18/h4-13,16-17,20,22-23H,14-15H2,1-3H3,(H,28,35)(H,29,31)(H,30,33,34)/t17-,20?,22+,23-/m0/s1. The quantitative estimate of drug-likeness (QED) is 0.345. The Hall–Kier alpha value is -4.01. The minimum atomic E-state index is -1.15. The average Bonchev–Trinajstić information content (AvgIpc) is 3.12. The number of ether oxygens (including phenoxy) is 1. The smallest absolute Gasteiger partial charge is 0.407 e. The highest BCUT2D eigenvalue weighted by atomic mass is 16.5. The van der Waals surface area contributed by atoms with Crippen molar-refractivity contribution in [3.8, 4) is 0 Å². The molecule has 2 aromatic carbocycles. The van der Waals surface area contributed by atoms with E-state index in [2.05, 4.69) is 16.0 Å². The number of amides is 4. The van der Waals surface area contributed by atoms with Gasteiger partial charge in [-0.25, -0.2) is 4.79 Å². The Morgan fingerprint density at radius 2 is 1.53 bits per heavy atom. The van der Waals surface area contributed by atoms with Gasteiger partial charge in [0.05, 0.1) is 24.4 Å². The number of hydrogen-bond donors (Lipinski definition) is 3. The molecular weight excluding hydrogens is 462 g/mol. The molecule has 1 fully saturated rings. The maximum atomic E-state index is 13.1. The molecule has 1 heterocycles. The van der Waals surface area contributed by atoms with E-state index >= 15 is 0 Å². The first kappa shape index (κ1) is 26.6. The molecule has 3 N–H and O–H groups in total. The van der Waals surface area contributed by atoms with E-state index in [0.717, 1.165) is 5.56 Å². The van der Waals surface area contributed by atoms with E-state index in [4.69, 9.17) is 4.74 Å². The van der Waals surface area contributed by atoms with Crippen molar-refractivity contribution < 1.29 is 28.7 Å². The number of imide groups is 1. The molecule has 1 unspecified atom stereocenters. The number of ketones is 1. The van der Waals surface area contributed by atoms with Crippen molar-refractivity contribution in [2.75, 3.05) is 0 Å². The fraction of sp³-hybridized carbons (Fsp3) is 0.370. The van der Waals surface area contributed by atoms with Crippen LogP contribution < -0.4 is 16.0 Å². The first-order valence-electron chi connectivity index (χ1n) is 11.9. The first-order valence-corrected chi connectivity index (χ1v) is 11.9. The van der Waals surface area contributed by atoms with E-state index in [1.54, 1.807) is 38.1 Å². The molecule has 0 aromatic heterocycles. The summed E-state index contributed by atoms with van der Waals surface area (Å²) in [6.07, 6.45) is -0.848. The number of benzene rings is 2. The topological polar surface area (TPSA) is 131 Å². The van der Waals surface area contributed by atoms with Crippen molar-refractivity contribution in [1.82, 2.24) is 16.0 Å². The van der Waals surface area contributed by atoms with Crippen molar-refractivity contribution >= 4 is 29.6 Å². The zero-order chi connectivity index (χ0) is 26.2. The van der Waals surface area contributed by atoms with Crippen LogP contribution in [0, 0.1) is 17.8 Å². The largest absolute Gasteiger partial charge is 0.445 e. The number of nitrogens with one attached hydrogen (secondary N) is 3. The van der Waals surface area contributed by atoms with E-state index in [-0.39, 0.29) is 18.9 Å². The van der Waals surface area contributed by atoms with Gasteiger partial charge in [-0.2, -0.15) is 0 Å². The van der Waals surface area contributed by atoms with Gasteiger partial charge in [-0.3, -0.25) is 24.5 Å². The predicted octanol–water partition coefficient (Wildman–Crippen LogP) is 2.66. The molecule has 1 aliphatic heterocycles. The average molecular weight is 494 g/mol. The van der Waals surface area contributed by atoms with E-state index in [1.807, 2.05) is 36.4 Å². The SMILES string of the molecule is CC(C)[C@H](NC(=O)CC(NC(=O)OCc1ccccc1)c1ccccc1)C(=O)[C@@H]1C(=O)NC(=O)[C@H]1C. The second-order valence-electron chi connectivity index (χ2n) is 9.18. The van der Waals surface area contributed by atoms with E-state index in [9.17, 15) is 24.0 Å². The second-order valence-corrected chi connectivity index (χ2v) is 9.18. The number of carbonyl (C=O) groups excluding carboxylic acids is 5. The maximum Gasteiger partial charge on any atom is 0.407 e. The molecular formula is C27H31N3O6. The van der Waals surface area contributed by atoms with Gasteiger partial charge in [0.2, 0.25) is 17.7 Å². The van der Waals surface area contributed by atoms with Crippen molar-refractivity contribution in [2.24, 2.45) is 17.8 Å². The molecule has 0 saturated carbocycles. The van der Waals surface area contributed by atoms with Crippen molar-refractivity contribution in [1.29, 1.82) is 0 Å². The van der Waals surface area contributed by atoms with Gasteiger partial charge in [0.1, 0.15) is 12.5 Å². The van der Waals surface area contributed by atoms with Gasteiger partial charge >= 0.3 is 6.09 Å². The zero-order valence-electron chi connectivity index (χ0n) is 20.5. The molecule has 190 valence electrons. The van der Waals surface area contributed by atoms with E-state index in [0.29, 0.717) is 5.56 Å². The van der Waals surface area contributed by atoms with Gasteiger partial charge in [0, 0.05) is 0 Å². The van der Waals surface area contributed by atoms with Crippen LogP contribution in [0.25, 0.3) is 0 Å². The fourth-order valence-corrected chi connectivity index (χ4v) is 4.09. The Kier molecular flexibility index (Phi) is 8.94. The summed E-state index contributed by atoms with van der Waals surface area (Å²) in [5, 5.41) is 7.60. The lowest BCUT2D eigenvalue weighted by molar-refractivity contribution is -0.137. The van der Waals surface area contributed by atoms with Crippen LogP contribution in [0.4, 0.5) is 4.79 Å². The highest BCUT2D eigenvalue weighted by molar-refractivity contribution is 6.16. The summed E-state index contributed by atoms with van der Waals surface area (Å²) < 4.78 is 5.31. The lowest BCUT2D eigenvalue weighted by Gasteiger charge is -2.26. The second kappa shape index (κ2) is 12.1. The Labute approximate surface area is 210 Å². The summed E-state index contributed by atoms with van der Waals surface area (Å²) in [5.74, 6) is -4.44. The molecule has 0 radical (unpaired) electrons. The highest BCUT2D eigenvalue weighted by Crippen LogP contribution is 2.24. The van der Waals surface area contributed by atoms with Crippen LogP contribution in [0.2, 0.25) is 0 Å². The third-order valence-electron chi connectivity index (χ3n) is 6.13. The van der Waals surface area contributed by atoms with E-state index < -0.39 is 53.5 Å². The molecule has 4 amide bonds. The Morgan fingerprint density at radius 1 is 0.917 bits per heavy atom. The Morgan fingerprint density at radius 3 is 2.08 bits per heavy atom. The van der Waals surface area contributed by atoms with Crippen molar-refractivity contribution in [3.05, 3.63) is 71.8 Å². The summed E-state index contributed by atoms with van der Waals surface area (Å²) in [4.78, 5) is 62.7. The molecule has 2 aromatic rings. The van der Waals surface area contributed by atoms with Crippen LogP contribution in [-0.2, 0) is 30.5 Å². The van der Waals surface area contributed by atoms with Crippen LogP contribution in [0.3, 0.4) is 0 Å².